The number of anilines is 1. The first-order valence-corrected chi connectivity index (χ1v) is 7.75. The smallest absolute Gasteiger partial charge is 0.273 e. The van der Waals surface area contributed by atoms with E-state index in [-0.39, 0.29) is 17.7 Å². The third-order valence-corrected chi connectivity index (χ3v) is 3.86. The Morgan fingerprint density at radius 2 is 2.00 bits per heavy atom. The van der Waals surface area contributed by atoms with Crippen molar-refractivity contribution < 1.29 is 14.0 Å². The zero-order valence-electron chi connectivity index (χ0n) is 13.4. The molecule has 24 heavy (non-hydrogen) atoms. The van der Waals surface area contributed by atoms with Gasteiger partial charge in [-0.1, -0.05) is 18.7 Å². The molecular weight excluding hydrogens is 306 g/mol. The molecule has 0 bridgehead atoms. The van der Waals surface area contributed by atoms with Gasteiger partial charge in [0.25, 0.3) is 5.91 Å². The minimum absolute atomic E-state index is 0.0504. The lowest BCUT2D eigenvalue weighted by Gasteiger charge is -2.12. The summed E-state index contributed by atoms with van der Waals surface area (Å²) in [5.41, 5.74) is 7.82. The van der Waals surface area contributed by atoms with E-state index in [0.29, 0.717) is 22.7 Å². The van der Waals surface area contributed by atoms with E-state index in [1.54, 1.807) is 13.0 Å². The number of hydrogen-bond acceptors (Lipinski definition) is 4. The van der Waals surface area contributed by atoms with Crippen LogP contribution in [0.1, 0.15) is 34.5 Å². The Bertz CT molecular complexity index is 790. The predicted molar refractivity (Wildman–Crippen MR) is 90.9 cm³/mol. The molecule has 3 rings (SSSR count). The van der Waals surface area contributed by atoms with Gasteiger partial charge in [-0.15, -0.1) is 0 Å². The van der Waals surface area contributed by atoms with Crippen LogP contribution in [0.15, 0.2) is 47.6 Å². The van der Waals surface area contributed by atoms with Crippen molar-refractivity contribution in [2.24, 2.45) is 5.92 Å². The highest BCUT2D eigenvalue weighted by atomic mass is 16.3. The van der Waals surface area contributed by atoms with Gasteiger partial charge in [0.2, 0.25) is 5.91 Å². The largest absolute Gasteiger partial charge is 0.469 e. The van der Waals surface area contributed by atoms with Crippen LogP contribution in [-0.2, 0) is 4.79 Å². The molecule has 0 aliphatic heterocycles. The summed E-state index contributed by atoms with van der Waals surface area (Å²) in [7, 11) is 0. The predicted octanol–water partition coefficient (Wildman–Crippen LogP) is 2.84. The van der Waals surface area contributed by atoms with Gasteiger partial charge in [-0.2, -0.15) is 0 Å². The number of carbonyl (C=O) groups is 2. The summed E-state index contributed by atoms with van der Waals surface area (Å²) < 4.78 is 5.10. The van der Waals surface area contributed by atoms with Crippen LogP contribution < -0.4 is 16.2 Å². The van der Waals surface area contributed by atoms with E-state index in [0.717, 1.165) is 18.4 Å². The highest BCUT2D eigenvalue weighted by molar-refractivity contribution is 5.95. The van der Waals surface area contributed by atoms with Gasteiger partial charge >= 0.3 is 0 Å². The zero-order valence-corrected chi connectivity index (χ0v) is 13.4. The zero-order chi connectivity index (χ0) is 17.1. The molecular formula is C18H19N3O3. The van der Waals surface area contributed by atoms with E-state index in [1.165, 1.54) is 6.26 Å². The van der Waals surface area contributed by atoms with Crippen molar-refractivity contribution in [1.29, 1.82) is 0 Å². The molecule has 2 aromatic rings. The molecule has 0 saturated heterocycles. The number of amides is 2. The summed E-state index contributed by atoms with van der Waals surface area (Å²) in [6.07, 6.45) is 3.38. The highest BCUT2D eigenvalue weighted by Gasteiger charge is 2.29. The maximum absolute atomic E-state index is 12.0. The second-order valence-electron chi connectivity index (χ2n) is 5.79. The molecule has 2 amide bonds. The maximum atomic E-state index is 12.0. The van der Waals surface area contributed by atoms with Crippen LogP contribution in [-0.4, -0.2) is 11.8 Å². The van der Waals surface area contributed by atoms with Gasteiger partial charge in [0.1, 0.15) is 5.76 Å². The number of benzene rings is 1. The van der Waals surface area contributed by atoms with Crippen molar-refractivity contribution in [3.8, 4) is 0 Å². The summed E-state index contributed by atoms with van der Waals surface area (Å²) in [6.45, 7) is 5.62. The minimum atomic E-state index is -0.305. The van der Waals surface area contributed by atoms with Gasteiger partial charge in [-0.3, -0.25) is 20.4 Å². The molecule has 6 nitrogen and oxygen atoms in total. The molecule has 1 heterocycles. The average Bonchev–Trinajstić information content (AvgIpc) is 3.34. The fourth-order valence-corrected chi connectivity index (χ4v) is 2.27. The van der Waals surface area contributed by atoms with Gasteiger partial charge in [0.15, 0.2) is 0 Å². The Morgan fingerprint density at radius 1 is 1.21 bits per heavy atom. The number of carbonyl (C=O) groups excluding carboxylic acids is 2. The first-order chi connectivity index (χ1) is 11.5. The molecule has 0 unspecified atom stereocenters. The Labute approximate surface area is 139 Å². The van der Waals surface area contributed by atoms with Crippen LogP contribution in [0.25, 0.3) is 5.70 Å². The standard InChI is InChI=1S/C18H19N3O3/c1-11(20-21-18(23)16-8-9-24-12(16)2)14-4-3-5-15(10-14)19-17(22)13-6-7-13/h3-5,8-10,13,20H,1,6-7H2,2H3,(H,19,22)(H,21,23). The van der Waals surface area contributed by atoms with Crippen LogP contribution in [0, 0.1) is 12.8 Å². The number of rotatable bonds is 6. The molecule has 0 radical (unpaired) electrons. The third kappa shape index (κ3) is 3.65. The summed E-state index contributed by atoms with van der Waals surface area (Å²) in [4.78, 5) is 23.8. The van der Waals surface area contributed by atoms with E-state index in [4.69, 9.17) is 4.42 Å². The SMILES string of the molecule is C=C(NNC(=O)c1ccoc1C)c1cccc(NC(=O)C2CC2)c1. The monoisotopic (exact) mass is 325 g/mol. The molecule has 3 N–H and O–H groups in total. The van der Waals surface area contributed by atoms with Crippen LogP contribution >= 0.6 is 0 Å². The Morgan fingerprint density at radius 3 is 2.67 bits per heavy atom. The van der Waals surface area contributed by atoms with Gasteiger partial charge in [-0.25, -0.2) is 0 Å². The second-order valence-corrected chi connectivity index (χ2v) is 5.79. The van der Waals surface area contributed by atoms with Crippen molar-refractivity contribution in [2.75, 3.05) is 5.32 Å². The first kappa shape index (κ1) is 15.9. The average molecular weight is 325 g/mol. The van der Waals surface area contributed by atoms with Gasteiger partial charge < -0.3 is 9.73 Å². The normalized spacial score (nSPS) is 13.2. The summed E-state index contributed by atoms with van der Waals surface area (Å²) in [5, 5.41) is 2.89. The number of furan rings is 1. The van der Waals surface area contributed by atoms with E-state index in [2.05, 4.69) is 22.7 Å². The fraction of sp³-hybridized carbons (Fsp3) is 0.222. The van der Waals surface area contributed by atoms with Gasteiger partial charge in [0.05, 0.1) is 17.5 Å². The molecule has 1 aliphatic rings. The van der Waals surface area contributed by atoms with Crippen LogP contribution in [0.3, 0.4) is 0 Å². The van der Waals surface area contributed by atoms with Crippen molar-refractivity contribution >= 4 is 23.2 Å². The Kier molecular flexibility index (Phi) is 4.37. The van der Waals surface area contributed by atoms with Crippen molar-refractivity contribution in [3.05, 3.63) is 60.1 Å². The van der Waals surface area contributed by atoms with E-state index < -0.39 is 0 Å². The number of hydrazine groups is 1. The second kappa shape index (κ2) is 6.62. The van der Waals surface area contributed by atoms with E-state index in [1.807, 2.05) is 24.3 Å². The molecule has 0 atom stereocenters. The van der Waals surface area contributed by atoms with Crippen molar-refractivity contribution in [3.63, 3.8) is 0 Å². The molecule has 124 valence electrons. The summed E-state index contributed by atoms with van der Waals surface area (Å²) >= 11 is 0. The topological polar surface area (TPSA) is 83.4 Å². The van der Waals surface area contributed by atoms with Gasteiger partial charge in [0, 0.05) is 17.2 Å². The lowest BCUT2D eigenvalue weighted by atomic mass is 10.1. The minimum Gasteiger partial charge on any atom is -0.469 e. The van der Waals surface area contributed by atoms with Crippen LogP contribution in [0.5, 0.6) is 0 Å². The maximum Gasteiger partial charge on any atom is 0.273 e. The van der Waals surface area contributed by atoms with Crippen molar-refractivity contribution in [2.45, 2.75) is 19.8 Å². The van der Waals surface area contributed by atoms with E-state index >= 15 is 0 Å². The van der Waals surface area contributed by atoms with E-state index in [9.17, 15) is 9.59 Å². The molecule has 1 aromatic carbocycles. The number of aryl methyl sites for hydroxylation is 1. The molecule has 1 fully saturated rings. The Balaban J connectivity index is 1.59. The van der Waals surface area contributed by atoms with Crippen molar-refractivity contribution in [1.82, 2.24) is 10.9 Å². The summed E-state index contributed by atoms with van der Waals surface area (Å²) in [6, 6.07) is 8.91. The quantitative estimate of drug-likeness (QED) is 0.713. The molecule has 1 aromatic heterocycles. The Hall–Kier alpha value is -3.02. The highest BCUT2D eigenvalue weighted by Crippen LogP contribution is 2.30. The van der Waals surface area contributed by atoms with Gasteiger partial charge in [-0.05, 0) is 38.0 Å². The molecule has 6 heteroatoms. The van der Waals surface area contributed by atoms with Crippen LogP contribution in [0.2, 0.25) is 0 Å². The lowest BCUT2D eigenvalue weighted by molar-refractivity contribution is -0.117. The summed E-state index contributed by atoms with van der Waals surface area (Å²) in [5.74, 6) is 0.437. The number of hydrogen-bond donors (Lipinski definition) is 3. The molecule has 0 spiro atoms. The fourth-order valence-electron chi connectivity index (χ4n) is 2.27. The lowest BCUT2D eigenvalue weighted by Crippen LogP contribution is -2.35. The molecule has 1 saturated carbocycles. The van der Waals surface area contributed by atoms with Crippen LogP contribution in [0.4, 0.5) is 5.69 Å². The number of nitrogens with one attached hydrogen (secondary N) is 3. The molecule has 1 aliphatic carbocycles. The first-order valence-electron chi connectivity index (χ1n) is 7.75. The third-order valence-electron chi connectivity index (χ3n) is 3.86.